The summed E-state index contributed by atoms with van der Waals surface area (Å²) in [6.45, 7) is 5.30. The van der Waals surface area contributed by atoms with E-state index in [9.17, 15) is 9.59 Å². The first-order valence-electron chi connectivity index (χ1n) is 4.52. The number of rotatable bonds is 5. The summed E-state index contributed by atoms with van der Waals surface area (Å²) >= 11 is 0. The van der Waals surface area contributed by atoms with E-state index in [1.807, 2.05) is 13.7 Å². The molecular formula is C9H16BNO2. The zero-order valence-electron chi connectivity index (χ0n) is 8.46. The molecule has 1 unspecified atom stereocenters. The SMILES string of the molecule is CB/C=C/C(=O)NC(C)CC(C)=O. The maximum absolute atomic E-state index is 11.1. The van der Waals surface area contributed by atoms with Crippen LogP contribution in [0.2, 0.25) is 6.82 Å². The normalized spacial score (nSPS) is 12.5. The first-order chi connectivity index (χ1) is 6.06. The van der Waals surface area contributed by atoms with Crippen LogP contribution in [0.1, 0.15) is 20.3 Å². The molecule has 0 radical (unpaired) electrons. The number of carbonyl (C=O) groups excluding carboxylic acids is 2. The fourth-order valence-electron chi connectivity index (χ4n) is 0.998. The van der Waals surface area contributed by atoms with Crippen LogP contribution >= 0.6 is 0 Å². The number of nitrogens with one attached hydrogen (secondary N) is 1. The van der Waals surface area contributed by atoms with E-state index in [2.05, 4.69) is 5.32 Å². The van der Waals surface area contributed by atoms with Gasteiger partial charge in [0.25, 0.3) is 0 Å². The molecule has 0 spiro atoms. The summed E-state index contributed by atoms with van der Waals surface area (Å²) in [4.78, 5) is 21.8. The average molecular weight is 181 g/mol. The first kappa shape index (κ1) is 11.9. The van der Waals surface area contributed by atoms with Crippen LogP contribution in [0.15, 0.2) is 12.1 Å². The monoisotopic (exact) mass is 181 g/mol. The van der Waals surface area contributed by atoms with Crippen molar-refractivity contribution < 1.29 is 9.59 Å². The molecule has 0 aromatic heterocycles. The van der Waals surface area contributed by atoms with Gasteiger partial charge in [-0.3, -0.25) is 9.59 Å². The third-order valence-electron chi connectivity index (χ3n) is 1.49. The van der Waals surface area contributed by atoms with Crippen LogP contribution in [-0.2, 0) is 9.59 Å². The average Bonchev–Trinajstić information content (AvgIpc) is 1.98. The molecule has 0 aliphatic heterocycles. The lowest BCUT2D eigenvalue weighted by molar-refractivity contribution is -0.118. The molecular weight excluding hydrogens is 165 g/mol. The Labute approximate surface area is 79.8 Å². The largest absolute Gasteiger partial charge is 0.350 e. The van der Waals surface area contributed by atoms with Crippen LogP contribution in [0.4, 0.5) is 0 Å². The third-order valence-corrected chi connectivity index (χ3v) is 1.49. The summed E-state index contributed by atoms with van der Waals surface area (Å²) in [5.41, 5.74) is 0. The van der Waals surface area contributed by atoms with Gasteiger partial charge in [-0.05, 0) is 19.9 Å². The number of hydrogen-bond acceptors (Lipinski definition) is 2. The lowest BCUT2D eigenvalue weighted by atomic mass is 9.82. The van der Waals surface area contributed by atoms with Crippen molar-refractivity contribution in [3.63, 3.8) is 0 Å². The van der Waals surface area contributed by atoms with Gasteiger partial charge in [0, 0.05) is 12.5 Å². The Morgan fingerprint density at radius 2 is 2.15 bits per heavy atom. The molecule has 0 bridgehead atoms. The van der Waals surface area contributed by atoms with Crippen molar-refractivity contribution in [2.45, 2.75) is 33.1 Å². The topological polar surface area (TPSA) is 46.2 Å². The predicted octanol–water partition coefficient (Wildman–Crippen LogP) is 0.468. The molecule has 0 heterocycles. The highest BCUT2D eigenvalue weighted by Crippen LogP contribution is 1.91. The summed E-state index contributed by atoms with van der Waals surface area (Å²) in [5, 5.41) is 2.70. The maximum Gasteiger partial charge on any atom is 0.243 e. The Balaban J connectivity index is 3.78. The summed E-state index contributed by atoms with van der Waals surface area (Å²) in [5.74, 6) is 1.75. The summed E-state index contributed by atoms with van der Waals surface area (Å²) in [7, 11) is 0.842. The predicted molar refractivity (Wildman–Crippen MR) is 55.1 cm³/mol. The molecule has 0 saturated carbocycles. The molecule has 0 saturated heterocycles. The highest BCUT2D eigenvalue weighted by Gasteiger charge is 2.06. The summed E-state index contributed by atoms with van der Waals surface area (Å²) < 4.78 is 0. The fraction of sp³-hybridized carbons (Fsp3) is 0.556. The van der Waals surface area contributed by atoms with Crippen molar-refractivity contribution in [1.82, 2.24) is 5.32 Å². The number of hydrogen-bond donors (Lipinski definition) is 1. The maximum atomic E-state index is 11.1. The molecule has 0 aromatic rings. The lowest BCUT2D eigenvalue weighted by Gasteiger charge is -2.09. The van der Waals surface area contributed by atoms with Crippen molar-refractivity contribution in [2.75, 3.05) is 0 Å². The highest BCUT2D eigenvalue weighted by atomic mass is 16.1. The number of ketones is 1. The van der Waals surface area contributed by atoms with Crippen LogP contribution < -0.4 is 5.32 Å². The van der Waals surface area contributed by atoms with Crippen molar-refractivity contribution in [2.24, 2.45) is 0 Å². The first-order valence-corrected chi connectivity index (χ1v) is 4.52. The second-order valence-corrected chi connectivity index (χ2v) is 3.13. The Bertz CT molecular complexity index is 214. The van der Waals surface area contributed by atoms with Gasteiger partial charge in [0.15, 0.2) is 0 Å². The number of amides is 1. The van der Waals surface area contributed by atoms with E-state index in [0.29, 0.717) is 6.42 Å². The molecule has 1 atom stereocenters. The van der Waals surface area contributed by atoms with Gasteiger partial charge in [0.05, 0.1) is 0 Å². The zero-order chi connectivity index (χ0) is 10.3. The fourth-order valence-corrected chi connectivity index (χ4v) is 0.998. The highest BCUT2D eigenvalue weighted by molar-refractivity contribution is 6.40. The van der Waals surface area contributed by atoms with Crippen LogP contribution in [-0.4, -0.2) is 25.0 Å². The van der Waals surface area contributed by atoms with Crippen molar-refractivity contribution in [3.8, 4) is 0 Å². The molecule has 3 nitrogen and oxygen atoms in total. The minimum absolute atomic E-state index is 0.0773. The quantitative estimate of drug-likeness (QED) is 0.494. The smallest absolute Gasteiger partial charge is 0.243 e. The van der Waals surface area contributed by atoms with Gasteiger partial charge in [-0.15, -0.1) is 5.98 Å². The van der Waals surface area contributed by atoms with E-state index in [1.165, 1.54) is 13.0 Å². The molecule has 1 amide bonds. The molecule has 0 aromatic carbocycles. The van der Waals surface area contributed by atoms with E-state index >= 15 is 0 Å². The van der Waals surface area contributed by atoms with Crippen molar-refractivity contribution in [3.05, 3.63) is 12.1 Å². The second kappa shape index (κ2) is 6.46. The molecule has 13 heavy (non-hydrogen) atoms. The van der Waals surface area contributed by atoms with E-state index < -0.39 is 0 Å². The van der Waals surface area contributed by atoms with Crippen molar-refractivity contribution in [1.29, 1.82) is 0 Å². The van der Waals surface area contributed by atoms with Crippen LogP contribution in [0.25, 0.3) is 0 Å². The summed E-state index contributed by atoms with van der Waals surface area (Å²) in [6, 6.07) is -0.0773. The molecule has 0 rings (SSSR count). The van der Waals surface area contributed by atoms with E-state index in [0.717, 1.165) is 7.28 Å². The summed E-state index contributed by atoms with van der Waals surface area (Å²) in [6.07, 6.45) is 1.89. The molecule has 0 fully saturated rings. The lowest BCUT2D eigenvalue weighted by Crippen LogP contribution is -2.32. The standard InChI is InChI=1S/C9H16BNO2/c1-7(6-8(2)12)11-9(13)4-5-10-3/h4-5,7,10H,6H2,1-3H3,(H,11,13)/b5-4+. The Hall–Kier alpha value is -1.06. The van der Waals surface area contributed by atoms with Gasteiger partial charge in [-0.2, -0.15) is 0 Å². The Morgan fingerprint density at radius 3 is 2.62 bits per heavy atom. The third kappa shape index (κ3) is 7.31. The van der Waals surface area contributed by atoms with Gasteiger partial charge in [0.2, 0.25) is 5.91 Å². The van der Waals surface area contributed by atoms with E-state index in [-0.39, 0.29) is 17.7 Å². The number of carbonyl (C=O) groups is 2. The molecule has 4 heteroatoms. The van der Waals surface area contributed by atoms with Gasteiger partial charge in [-0.25, -0.2) is 0 Å². The molecule has 0 aliphatic rings. The molecule has 72 valence electrons. The minimum atomic E-state index is -0.129. The molecule has 1 N–H and O–H groups in total. The Kier molecular flexibility index (Phi) is 5.94. The van der Waals surface area contributed by atoms with Crippen LogP contribution in [0.5, 0.6) is 0 Å². The van der Waals surface area contributed by atoms with Crippen molar-refractivity contribution >= 4 is 19.0 Å². The molecule has 0 aliphatic carbocycles. The van der Waals surface area contributed by atoms with E-state index in [4.69, 9.17) is 0 Å². The number of Topliss-reactive ketones (excluding diaryl/α,β-unsaturated/α-hetero) is 1. The van der Waals surface area contributed by atoms with Crippen LogP contribution in [0.3, 0.4) is 0 Å². The van der Waals surface area contributed by atoms with Gasteiger partial charge >= 0.3 is 0 Å². The van der Waals surface area contributed by atoms with Crippen LogP contribution in [0, 0.1) is 0 Å². The van der Waals surface area contributed by atoms with Gasteiger partial charge in [-0.1, -0.05) is 6.82 Å². The van der Waals surface area contributed by atoms with Gasteiger partial charge in [0.1, 0.15) is 13.1 Å². The minimum Gasteiger partial charge on any atom is -0.350 e. The van der Waals surface area contributed by atoms with Gasteiger partial charge < -0.3 is 5.32 Å². The zero-order valence-corrected chi connectivity index (χ0v) is 8.46. The Morgan fingerprint density at radius 1 is 1.54 bits per heavy atom. The second-order valence-electron chi connectivity index (χ2n) is 3.13. The van der Waals surface area contributed by atoms with E-state index in [1.54, 1.807) is 5.98 Å².